The number of rotatable bonds is 9. The highest BCUT2D eigenvalue weighted by atomic mass is 35.5. The molecule has 1 aromatic carbocycles. The Morgan fingerprint density at radius 3 is 2.70 bits per heavy atom. The van der Waals surface area contributed by atoms with E-state index in [9.17, 15) is 8.42 Å². The van der Waals surface area contributed by atoms with Crippen LogP contribution >= 0.6 is 34.7 Å². The summed E-state index contributed by atoms with van der Waals surface area (Å²) in [5.41, 5.74) is 1.78. The first kappa shape index (κ1) is 20.2. The second-order valence-corrected chi connectivity index (χ2v) is 11.2. The molecule has 11 heteroatoms. The summed E-state index contributed by atoms with van der Waals surface area (Å²) in [7, 11) is -3.20. The summed E-state index contributed by atoms with van der Waals surface area (Å²) in [6.45, 7) is 0. The van der Waals surface area contributed by atoms with Gasteiger partial charge >= 0.3 is 0 Å². The Morgan fingerprint density at radius 2 is 2.04 bits per heavy atom. The molecule has 0 amide bonds. The Balaban J connectivity index is 1.60. The summed E-state index contributed by atoms with van der Waals surface area (Å²) >= 11 is 8.67. The fourth-order valence-electron chi connectivity index (χ4n) is 2.42. The lowest BCUT2D eigenvalue weighted by Gasteiger charge is -2.12. The standard InChI is InChI=1S/C16H18ClN5O2S3/c1-27(23,24)15(5-3-2-4-14-19-21-22-20-14)26-16-18-13(10-25-16)11-6-8-12(17)9-7-11/h6-10,15H,2-5H2,1H3,(H,19,20,21,22). The van der Waals surface area contributed by atoms with Crippen LogP contribution in [0.5, 0.6) is 0 Å². The van der Waals surface area contributed by atoms with Gasteiger partial charge in [-0.3, -0.25) is 0 Å². The van der Waals surface area contributed by atoms with Gasteiger partial charge in [0.15, 0.2) is 20.0 Å². The average Bonchev–Trinajstić information content (AvgIpc) is 3.29. The van der Waals surface area contributed by atoms with E-state index in [4.69, 9.17) is 11.6 Å². The zero-order valence-electron chi connectivity index (χ0n) is 14.5. The molecule has 1 unspecified atom stereocenters. The fraction of sp³-hybridized carbons (Fsp3) is 0.375. The normalized spacial score (nSPS) is 13.0. The maximum Gasteiger partial charge on any atom is 0.174 e. The van der Waals surface area contributed by atoms with Gasteiger partial charge in [-0.1, -0.05) is 47.1 Å². The number of aromatic nitrogens is 5. The largest absolute Gasteiger partial charge is 0.230 e. The number of hydrogen-bond donors (Lipinski definition) is 1. The number of aryl methyl sites for hydroxylation is 1. The maximum atomic E-state index is 12.2. The number of hydrogen-bond acceptors (Lipinski definition) is 8. The molecule has 0 aliphatic carbocycles. The van der Waals surface area contributed by atoms with Gasteiger partial charge in [0.1, 0.15) is 4.58 Å². The van der Waals surface area contributed by atoms with E-state index in [-0.39, 0.29) is 0 Å². The number of aromatic amines is 1. The van der Waals surface area contributed by atoms with Crippen molar-refractivity contribution in [1.29, 1.82) is 0 Å². The molecule has 1 atom stereocenters. The molecule has 0 saturated heterocycles. The lowest BCUT2D eigenvalue weighted by Crippen LogP contribution is -2.16. The second kappa shape index (κ2) is 9.13. The van der Waals surface area contributed by atoms with Crippen LogP contribution in [0.25, 0.3) is 11.3 Å². The number of nitrogens with one attached hydrogen (secondary N) is 1. The Morgan fingerprint density at radius 1 is 1.26 bits per heavy atom. The van der Waals surface area contributed by atoms with Gasteiger partial charge < -0.3 is 0 Å². The average molecular weight is 444 g/mol. The molecule has 1 N–H and O–H groups in total. The molecule has 7 nitrogen and oxygen atoms in total. The Bertz CT molecular complexity index is 958. The highest BCUT2D eigenvalue weighted by molar-refractivity contribution is 8.14. The highest BCUT2D eigenvalue weighted by Gasteiger charge is 2.23. The van der Waals surface area contributed by atoms with E-state index >= 15 is 0 Å². The predicted molar refractivity (Wildman–Crippen MR) is 109 cm³/mol. The quantitative estimate of drug-likeness (QED) is 0.395. The lowest BCUT2D eigenvalue weighted by molar-refractivity contribution is 0.590. The SMILES string of the molecule is CS(=O)(=O)C(CCCCc1nn[nH]n1)Sc1nc(-c2ccc(Cl)cc2)cs1. The monoisotopic (exact) mass is 443 g/mol. The Kier molecular flexibility index (Phi) is 6.85. The molecule has 3 aromatic rings. The first-order valence-electron chi connectivity index (χ1n) is 8.21. The summed E-state index contributed by atoms with van der Waals surface area (Å²) in [4.78, 5) is 4.57. The van der Waals surface area contributed by atoms with E-state index in [0.717, 1.165) is 28.4 Å². The fourth-order valence-corrected chi connectivity index (χ4v) is 6.22. The van der Waals surface area contributed by atoms with Crippen LogP contribution in [0.15, 0.2) is 34.0 Å². The maximum absolute atomic E-state index is 12.2. The molecular formula is C16H18ClN5O2S3. The van der Waals surface area contributed by atoms with Crippen molar-refractivity contribution in [3.63, 3.8) is 0 Å². The number of benzene rings is 1. The van der Waals surface area contributed by atoms with Crippen molar-refractivity contribution in [2.75, 3.05) is 6.26 Å². The number of H-pyrrole nitrogens is 1. The van der Waals surface area contributed by atoms with E-state index in [2.05, 4.69) is 25.6 Å². The third-order valence-electron chi connectivity index (χ3n) is 3.81. The molecule has 0 spiro atoms. The van der Waals surface area contributed by atoms with Crippen molar-refractivity contribution in [3.8, 4) is 11.3 Å². The van der Waals surface area contributed by atoms with E-state index in [1.165, 1.54) is 29.4 Å². The molecular weight excluding hydrogens is 426 g/mol. The third kappa shape index (κ3) is 6.00. The van der Waals surface area contributed by atoms with Crippen LogP contribution in [0.2, 0.25) is 5.02 Å². The number of thiazole rings is 1. The molecule has 0 aliphatic rings. The molecule has 27 heavy (non-hydrogen) atoms. The van der Waals surface area contributed by atoms with Gasteiger partial charge in [-0.15, -0.1) is 21.5 Å². The lowest BCUT2D eigenvalue weighted by atomic mass is 10.2. The minimum Gasteiger partial charge on any atom is -0.230 e. The van der Waals surface area contributed by atoms with Gasteiger partial charge in [-0.25, -0.2) is 13.4 Å². The zero-order valence-corrected chi connectivity index (χ0v) is 17.7. The van der Waals surface area contributed by atoms with Gasteiger partial charge in [0, 0.05) is 28.6 Å². The van der Waals surface area contributed by atoms with E-state index in [1.54, 1.807) is 0 Å². The molecule has 0 bridgehead atoms. The molecule has 0 saturated carbocycles. The van der Waals surface area contributed by atoms with Crippen molar-refractivity contribution >= 4 is 44.5 Å². The minimum atomic E-state index is -3.20. The topological polar surface area (TPSA) is 101 Å². The molecule has 144 valence electrons. The predicted octanol–water partition coefficient (Wildman–Crippen LogP) is 3.85. The van der Waals surface area contributed by atoms with Crippen molar-refractivity contribution in [1.82, 2.24) is 25.6 Å². The third-order valence-corrected chi connectivity index (χ3v) is 8.60. The molecule has 0 aliphatic heterocycles. The van der Waals surface area contributed by atoms with Gasteiger partial charge in [0.2, 0.25) is 0 Å². The van der Waals surface area contributed by atoms with Crippen LogP contribution in [0.3, 0.4) is 0 Å². The van der Waals surface area contributed by atoms with Crippen LogP contribution < -0.4 is 0 Å². The number of unbranched alkanes of at least 4 members (excludes halogenated alkanes) is 1. The second-order valence-electron chi connectivity index (χ2n) is 5.96. The van der Waals surface area contributed by atoms with Crippen molar-refractivity contribution < 1.29 is 8.42 Å². The Labute approximate surface area is 170 Å². The van der Waals surface area contributed by atoms with Crippen LogP contribution in [0.4, 0.5) is 0 Å². The molecule has 0 fully saturated rings. The number of tetrazole rings is 1. The van der Waals surface area contributed by atoms with E-state index in [1.807, 2.05) is 29.6 Å². The van der Waals surface area contributed by atoms with Crippen LogP contribution in [-0.4, -0.2) is 44.9 Å². The first-order chi connectivity index (χ1) is 12.9. The summed E-state index contributed by atoms with van der Waals surface area (Å²) in [5, 5.41) is 16.3. The summed E-state index contributed by atoms with van der Waals surface area (Å²) in [5.74, 6) is 0.645. The summed E-state index contributed by atoms with van der Waals surface area (Å²) in [6.07, 6.45) is 4.07. The number of halogens is 1. The summed E-state index contributed by atoms with van der Waals surface area (Å²) < 4.78 is 24.6. The van der Waals surface area contributed by atoms with Gasteiger partial charge in [-0.05, 0) is 25.0 Å². The van der Waals surface area contributed by atoms with Gasteiger partial charge in [0.25, 0.3) is 0 Å². The van der Waals surface area contributed by atoms with Crippen LogP contribution in [0, 0.1) is 0 Å². The van der Waals surface area contributed by atoms with Crippen LogP contribution in [0.1, 0.15) is 25.1 Å². The molecule has 2 heterocycles. The minimum absolute atomic E-state index is 0.521. The van der Waals surface area contributed by atoms with Crippen molar-refractivity contribution in [2.45, 2.75) is 34.6 Å². The number of sulfone groups is 1. The Hall–Kier alpha value is -1.49. The highest BCUT2D eigenvalue weighted by Crippen LogP contribution is 2.34. The smallest absolute Gasteiger partial charge is 0.174 e. The molecule has 2 aromatic heterocycles. The van der Waals surface area contributed by atoms with E-state index in [0.29, 0.717) is 23.7 Å². The van der Waals surface area contributed by atoms with E-state index < -0.39 is 14.4 Å². The molecule has 3 rings (SSSR count). The van der Waals surface area contributed by atoms with Crippen LogP contribution in [-0.2, 0) is 16.3 Å². The van der Waals surface area contributed by atoms with Crippen molar-refractivity contribution in [2.24, 2.45) is 0 Å². The number of nitrogens with zero attached hydrogens (tertiary/aromatic N) is 4. The molecule has 0 radical (unpaired) electrons. The number of thioether (sulfide) groups is 1. The van der Waals surface area contributed by atoms with Gasteiger partial charge in [-0.2, -0.15) is 5.21 Å². The first-order valence-corrected chi connectivity index (χ1v) is 12.3. The van der Waals surface area contributed by atoms with Gasteiger partial charge in [0.05, 0.1) is 5.69 Å². The summed E-state index contributed by atoms with van der Waals surface area (Å²) in [6, 6.07) is 7.42. The van der Waals surface area contributed by atoms with Crippen molar-refractivity contribution in [3.05, 3.63) is 40.5 Å². The zero-order chi connectivity index (χ0) is 19.3.